The molecule has 1 N–H and O–H groups in total. The third-order valence-corrected chi connectivity index (χ3v) is 2.31. The summed E-state index contributed by atoms with van der Waals surface area (Å²) in [5, 5.41) is 9.78. The highest BCUT2D eigenvalue weighted by Gasteiger charge is 2.32. The summed E-state index contributed by atoms with van der Waals surface area (Å²) >= 11 is 0. The quantitative estimate of drug-likeness (QED) is 0.879. The molecule has 0 spiro atoms. The van der Waals surface area contributed by atoms with Gasteiger partial charge in [-0.2, -0.15) is 0 Å². The number of rotatable bonds is 2. The lowest BCUT2D eigenvalue weighted by molar-refractivity contribution is -0.275. The van der Waals surface area contributed by atoms with Crippen LogP contribution in [0.25, 0.3) is 11.1 Å². The summed E-state index contributed by atoms with van der Waals surface area (Å²) < 4.78 is 40.1. The molecule has 2 nitrogen and oxygen atoms in total. The molecule has 0 aliphatic heterocycles. The van der Waals surface area contributed by atoms with E-state index in [2.05, 4.69) is 4.74 Å². The van der Waals surface area contributed by atoms with Gasteiger partial charge in [-0.25, -0.2) is 0 Å². The fraction of sp³-hybridized carbons (Fsp3) is 0.0769. The van der Waals surface area contributed by atoms with Gasteiger partial charge in [-0.05, 0) is 11.6 Å². The molecule has 0 saturated carbocycles. The minimum Gasteiger partial charge on any atom is -0.504 e. The summed E-state index contributed by atoms with van der Waals surface area (Å²) in [6.45, 7) is 0. The van der Waals surface area contributed by atoms with E-state index in [1.165, 1.54) is 12.1 Å². The van der Waals surface area contributed by atoms with Gasteiger partial charge in [-0.3, -0.25) is 0 Å². The molecule has 0 fully saturated rings. The molecule has 0 radical (unpaired) electrons. The van der Waals surface area contributed by atoms with Crippen LogP contribution in [-0.2, 0) is 0 Å². The Morgan fingerprint density at radius 3 is 2.17 bits per heavy atom. The molecule has 0 aromatic heterocycles. The van der Waals surface area contributed by atoms with E-state index in [0.717, 1.165) is 6.07 Å². The molecule has 94 valence electrons. The van der Waals surface area contributed by atoms with E-state index >= 15 is 0 Å². The standard InChI is InChI=1S/C13H9F3O2/c14-13(15,16)18-11-8-4-7-10(12(11)17)9-5-2-1-3-6-9/h1-8,17H. The fourth-order valence-corrected chi connectivity index (χ4v) is 1.58. The molecule has 5 heteroatoms. The molecule has 0 heterocycles. The van der Waals surface area contributed by atoms with E-state index in [0.29, 0.717) is 5.56 Å². The van der Waals surface area contributed by atoms with Gasteiger partial charge in [-0.1, -0.05) is 42.5 Å². The van der Waals surface area contributed by atoms with Crippen LogP contribution in [0.15, 0.2) is 48.5 Å². The third kappa shape index (κ3) is 2.74. The molecule has 2 aromatic rings. The Morgan fingerprint density at radius 2 is 1.56 bits per heavy atom. The SMILES string of the molecule is Oc1c(OC(F)(F)F)cccc1-c1ccccc1. The van der Waals surface area contributed by atoms with Gasteiger partial charge in [0.25, 0.3) is 0 Å². The smallest absolute Gasteiger partial charge is 0.504 e. The lowest BCUT2D eigenvalue weighted by Gasteiger charge is -2.12. The average molecular weight is 254 g/mol. The van der Waals surface area contributed by atoms with E-state index in [1.54, 1.807) is 30.3 Å². The number of halogens is 3. The first-order valence-corrected chi connectivity index (χ1v) is 5.10. The number of benzene rings is 2. The molecule has 2 aromatic carbocycles. The highest BCUT2D eigenvalue weighted by molar-refractivity contribution is 5.73. The number of para-hydroxylation sites is 1. The van der Waals surface area contributed by atoms with E-state index in [-0.39, 0.29) is 5.56 Å². The van der Waals surface area contributed by atoms with Crippen molar-refractivity contribution in [1.29, 1.82) is 0 Å². The molecule has 0 atom stereocenters. The van der Waals surface area contributed by atoms with Crippen LogP contribution in [0.2, 0.25) is 0 Å². The summed E-state index contributed by atoms with van der Waals surface area (Å²) in [7, 11) is 0. The maximum absolute atomic E-state index is 12.1. The van der Waals surface area contributed by atoms with Gasteiger partial charge in [0.2, 0.25) is 0 Å². The van der Waals surface area contributed by atoms with Crippen LogP contribution in [0.4, 0.5) is 13.2 Å². The fourth-order valence-electron chi connectivity index (χ4n) is 1.58. The highest BCUT2D eigenvalue weighted by Crippen LogP contribution is 2.39. The minimum atomic E-state index is -4.83. The van der Waals surface area contributed by atoms with E-state index in [9.17, 15) is 18.3 Å². The Hall–Kier alpha value is -2.17. The molecule has 0 unspecified atom stereocenters. The number of alkyl halides is 3. The second-order valence-electron chi connectivity index (χ2n) is 3.57. The first kappa shape index (κ1) is 12.3. The third-order valence-electron chi connectivity index (χ3n) is 2.31. The predicted octanol–water partition coefficient (Wildman–Crippen LogP) is 3.96. The van der Waals surface area contributed by atoms with Gasteiger partial charge in [-0.15, -0.1) is 13.2 Å². The lowest BCUT2D eigenvalue weighted by atomic mass is 10.0. The largest absolute Gasteiger partial charge is 0.573 e. The van der Waals surface area contributed by atoms with Crippen LogP contribution < -0.4 is 4.74 Å². The molecule has 0 bridgehead atoms. The van der Waals surface area contributed by atoms with Gasteiger partial charge in [0.1, 0.15) is 0 Å². The normalized spacial score (nSPS) is 11.3. The van der Waals surface area contributed by atoms with Crippen LogP contribution in [0.3, 0.4) is 0 Å². The van der Waals surface area contributed by atoms with Crippen molar-refractivity contribution in [2.45, 2.75) is 6.36 Å². The zero-order valence-electron chi connectivity index (χ0n) is 9.11. The summed E-state index contributed by atoms with van der Waals surface area (Å²) in [5.74, 6) is -1.13. The van der Waals surface area contributed by atoms with Crippen molar-refractivity contribution < 1.29 is 23.0 Å². The monoisotopic (exact) mass is 254 g/mol. The maximum atomic E-state index is 12.1. The molecular weight excluding hydrogens is 245 g/mol. The van der Waals surface area contributed by atoms with Crippen LogP contribution in [0, 0.1) is 0 Å². The number of hydrogen-bond donors (Lipinski definition) is 1. The van der Waals surface area contributed by atoms with Crippen LogP contribution in [0.1, 0.15) is 0 Å². The lowest BCUT2D eigenvalue weighted by Crippen LogP contribution is -2.17. The maximum Gasteiger partial charge on any atom is 0.573 e. The Morgan fingerprint density at radius 1 is 0.889 bits per heavy atom. The summed E-state index contributed by atoms with van der Waals surface area (Å²) in [4.78, 5) is 0. The van der Waals surface area contributed by atoms with Gasteiger partial charge < -0.3 is 9.84 Å². The average Bonchev–Trinajstić information content (AvgIpc) is 2.31. The molecule has 0 aliphatic rings. The summed E-state index contributed by atoms with van der Waals surface area (Å²) in [5.41, 5.74) is 0.903. The Labute approximate surface area is 101 Å². The van der Waals surface area contributed by atoms with Crippen molar-refractivity contribution in [3.63, 3.8) is 0 Å². The van der Waals surface area contributed by atoms with Crippen molar-refractivity contribution in [1.82, 2.24) is 0 Å². The van der Waals surface area contributed by atoms with Crippen LogP contribution in [-0.4, -0.2) is 11.5 Å². The minimum absolute atomic E-state index is 0.289. The molecule has 0 aliphatic carbocycles. The van der Waals surface area contributed by atoms with E-state index in [1.807, 2.05) is 0 Å². The number of phenolic OH excluding ortho intramolecular Hbond substituents is 1. The molecule has 0 amide bonds. The number of phenols is 1. The first-order valence-electron chi connectivity index (χ1n) is 5.10. The molecule has 0 saturated heterocycles. The van der Waals surface area contributed by atoms with Gasteiger partial charge in [0, 0.05) is 5.56 Å². The second kappa shape index (κ2) is 4.60. The Bertz CT molecular complexity index is 536. The number of aromatic hydroxyl groups is 1. The molecule has 2 rings (SSSR count). The van der Waals surface area contributed by atoms with Crippen molar-refractivity contribution >= 4 is 0 Å². The second-order valence-corrected chi connectivity index (χ2v) is 3.57. The van der Waals surface area contributed by atoms with Crippen LogP contribution in [0.5, 0.6) is 11.5 Å². The van der Waals surface area contributed by atoms with Gasteiger partial charge in [0.05, 0.1) is 0 Å². The highest BCUT2D eigenvalue weighted by atomic mass is 19.4. The van der Waals surface area contributed by atoms with Crippen molar-refractivity contribution in [3.8, 4) is 22.6 Å². The number of hydrogen-bond acceptors (Lipinski definition) is 2. The van der Waals surface area contributed by atoms with Crippen molar-refractivity contribution in [3.05, 3.63) is 48.5 Å². The Balaban J connectivity index is 2.43. The van der Waals surface area contributed by atoms with E-state index < -0.39 is 17.9 Å². The summed E-state index contributed by atoms with van der Waals surface area (Å²) in [6.07, 6.45) is -4.83. The zero-order valence-corrected chi connectivity index (χ0v) is 9.11. The molecular formula is C13H9F3O2. The predicted molar refractivity (Wildman–Crippen MR) is 60.2 cm³/mol. The topological polar surface area (TPSA) is 29.5 Å². The molecule has 18 heavy (non-hydrogen) atoms. The van der Waals surface area contributed by atoms with Crippen molar-refractivity contribution in [2.75, 3.05) is 0 Å². The zero-order chi connectivity index (χ0) is 13.2. The van der Waals surface area contributed by atoms with Crippen molar-refractivity contribution in [2.24, 2.45) is 0 Å². The van der Waals surface area contributed by atoms with Gasteiger partial charge in [0.15, 0.2) is 11.5 Å². The van der Waals surface area contributed by atoms with Crippen LogP contribution >= 0.6 is 0 Å². The first-order chi connectivity index (χ1) is 8.47. The Kier molecular flexibility index (Phi) is 3.14. The number of ether oxygens (including phenoxy) is 1. The van der Waals surface area contributed by atoms with E-state index in [4.69, 9.17) is 0 Å². The summed E-state index contributed by atoms with van der Waals surface area (Å²) in [6, 6.07) is 12.6. The van der Waals surface area contributed by atoms with Gasteiger partial charge >= 0.3 is 6.36 Å².